The van der Waals surface area contributed by atoms with Gasteiger partial charge in [0.15, 0.2) is 0 Å². The molecule has 19 heavy (non-hydrogen) atoms. The number of para-hydroxylation sites is 1. The Bertz CT molecular complexity index is 630. The number of nitrogens with one attached hydrogen (secondary N) is 1. The van der Waals surface area contributed by atoms with Gasteiger partial charge in [0.2, 0.25) is 0 Å². The van der Waals surface area contributed by atoms with E-state index in [1.165, 1.54) is 5.69 Å². The van der Waals surface area contributed by atoms with Gasteiger partial charge in [-0.15, -0.1) is 0 Å². The molecule has 0 radical (unpaired) electrons. The maximum Gasteiger partial charge on any atom is 0.131 e. The van der Waals surface area contributed by atoms with E-state index in [4.69, 9.17) is 0 Å². The van der Waals surface area contributed by atoms with Crippen LogP contribution in [-0.2, 0) is 11.2 Å². The smallest absolute Gasteiger partial charge is 0.131 e. The molecule has 0 saturated carbocycles. The molecule has 100 valence electrons. The minimum absolute atomic E-state index is 0.152. The number of hydrogen-bond donors (Lipinski definition) is 2. The van der Waals surface area contributed by atoms with E-state index in [9.17, 15) is 9.90 Å². The second-order valence-electron chi connectivity index (χ2n) is 5.65. The SMILES string of the molecule is CC(C)[C@@H]1[NH2+][C@@H](C(=O)[O-])Cc2c1[nH]c1ccccc21. The number of aromatic amines is 1. The van der Waals surface area contributed by atoms with Crippen molar-refractivity contribution in [2.75, 3.05) is 0 Å². The van der Waals surface area contributed by atoms with Crippen LogP contribution in [0.25, 0.3) is 10.9 Å². The predicted molar refractivity (Wildman–Crippen MR) is 70.3 cm³/mol. The van der Waals surface area contributed by atoms with Gasteiger partial charge in [-0.1, -0.05) is 32.0 Å². The van der Waals surface area contributed by atoms with E-state index >= 15 is 0 Å². The second-order valence-corrected chi connectivity index (χ2v) is 5.65. The van der Waals surface area contributed by atoms with Crippen LogP contribution in [0.3, 0.4) is 0 Å². The van der Waals surface area contributed by atoms with Crippen LogP contribution in [0.5, 0.6) is 0 Å². The van der Waals surface area contributed by atoms with E-state index in [2.05, 4.69) is 24.9 Å². The molecule has 1 aromatic carbocycles. The number of carboxylic acid groups (broad SMARTS) is 1. The monoisotopic (exact) mass is 258 g/mol. The van der Waals surface area contributed by atoms with E-state index in [0.29, 0.717) is 12.3 Å². The minimum Gasteiger partial charge on any atom is -0.544 e. The summed E-state index contributed by atoms with van der Waals surface area (Å²) in [6.45, 7) is 4.24. The number of benzene rings is 1. The normalized spacial score (nSPS) is 22.7. The van der Waals surface area contributed by atoms with Crippen LogP contribution < -0.4 is 10.4 Å². The summed E-state index contributed by atoms with van der Waals surface area (Å²) in [6, 6.07) is 7.75. The van der Waals surface area contributed by atoms with Crippen molar-refractivity contribution >= 4 is 16.9 Å². The molecule has 0 unspecified atom stereocenters. The van der Waals surface area contributed by atoms with Gasteiger partial charge < -0.3 is 20.2 Å². The minimum atomic E-state index is -0.971. The number of carbonyl (C=O) groups excluding carboxylic acids is 1. The molecule has 3 rings (SSSR count). The summed E-state index contributed by atoms with van der Waals surface area (Å²) in [5, 5.41) is 14.3. The fourth-order valence-electron chi connectivity index (χ4n) is 3.08. The number of carboxylic acids is 1. The molecule has 0 amide bonds. The molecule has 0 saturated heterocycles. The van der Waals surface area contributed by atoms with Gasteiger partial charge in [0, 0.05) is 23.2 Å². The van der Waals surface area contributed by atoms with Crippen molar-refractivity contribution in [3.63, 3.8) is 0 Å². The molecule has 1 aromatic heterocycles. The first-order chi connectivity index (χ1) is 9.08. The van der Waals surface area contributed by atoms with Crippen molar-refractivity contribution in [1.29, 1.82) is 0 Å². The van der Waals surface area contributed by atoms with Gasteiger partial charge in [-0.2, -0.15) is 0 Å². The molecule has 4 nitrogen and oxygen atoms in total. The Morgan fingerprint density at radius 2 is 2.16 bits per heavy atom. The van der Waals surface area contributed by atoms with Crippen molar-refractivity contribution in [3.8, 4) is 0 Å². The van der Waals surface area contributed by atoms with Crippen molar-refractivity contribution in [2.45, 2.75) is 32.4 Å². The first kappa shape index (κ1) is 12.2. The largest absolute Gasteiger partial charge is 0.544 e. The van der Waals surface area contributed by atoms with Crippen LogP contribution in [0.15, 0.2) is 24.3 Å². The molecule has 2 atom stereocenters. The second kappa shape index (κ2) is 4.38. The molecule has 2 heterocycles. The Balaban J connectivity index is 2.16. The third-order valence-electron chi connectivity index (χ3n) is 4.06. The van der Waals surface area contributed by atoms with Gasteiger partial charge in [-0.3, -0.25) is 0 Å². The van der Waals surface area contributed by atoms with Crippen LogP contribution in [-0.4, -0.2) is 17.0 Å². The summed E-state index contributed by atoms with van der Waals surface area (Å²) in [5.41, 5.74) is 3.41. The van der Waals surface area contributed by atoms with Crippen LogP contribution >= 0.6 is 0 Å². The number of aromatic nitrogens is 1. The maximum absolute atomic E-state index is 11.2. The van der Waals surface area contributed by atoms with E-state index < -0.39 is 12.0 Å². The molecule has 0 bridgehead atoms. The number of aliphatic carboxylic acids is 1. The van der Waals surface area contributed by atoms with E-state index in [0.717, 1.165) is 16.5 Å². The lowest BCUT2D eigenvalue weighted by Crippen LogP contribution is -2.96. The zero-order valence-electron chi connectivity index (χ0n) is 11.1. The first-order valence-electron chi connectivity index (χ1n) is 6.73. The van der Waals surface area contributed by atoms with Crippen LogP contribution in [0, 0.1) is 5.92 Å². The topological polar surface area (TPSA) is 72.5 Å². The average Bonchev–Trinajstić information content (AvgIpc) is 2.75. The number of H-pyrrole nitrogens is 1. The number of hydrogen-bond acceptors (Lipinski definition) is 2. The van der Waals surface area contributed by atoms with Gasteiger partial charge in [-0.05, 0) is 11.6 Å². The third-order valence-corrected chi connectivity index (χ3v) is 4.06. The number of nitrogens with two attached hydrogens (primary N) is 1. The lowest BCUT2D eigenvalue weighted by Gasteiger charge is -2.30. The lowest BCUT2D eigenvalue weighted by molar-refractivity contribution is -0.731. The highest BCUT2D eigenvalue weighted by atomic mass is 16.4. The fraction of sp³-hybridized carbons (Fsp3) is 0.400. The summed E-state index contributed by atoms with van der Waals surface area (Å²) >= 11 is 0. The molecule has 2 aromatic rings. The molecule has 0 fully saturated rings. The maximum atomic E-state index is 11.2. The molecular weight excluding hydrogens is 240 g/mol. The number of rotatable bonds is 2. The van der Waals surface area contributed by atoms with Gasteiger partial charge in [-0.25, -0.2) is 0 Å². The highest BCUT2D eigenvalue weighted by Gasteiger charge is 2.35. The molecule has 3 N–H and O–H groups in total. The summed E-state index contributed by atoms with van der Waals surface area (Å²) in [5.74, 6) is -0.601. The van der Waals surface area contributed by atoms with Crippen molar-refractivity contribution in [1.82, 2.24) is 4.98 Å². The summed E-state index contributed by atoms with van der Waals surface area (Å²) < 4.78 is 0. The molecule has 1 aliphatic rings. The average molecular weight is 258 g/mol. The lowest BCUT2D eigenvalue weighted by atomic mass is 9.89. The van der Waals surface area contributed by atoms with Crippen molar-refractivity contribution in [3.05, 3.63) is 35.5 Å². The van der Waals surface area contributed by atoms with Gasteiger partial charge in [0.25, 0.3) is 0 Å². The molecule has 1 aliphatic heterocycles. The van der Waals surface area contributed by atoms with Crippen molar-refractivity contribution in [2.24, 2.45) is 5.92 Å². The Morgan fingerprint density at radius 1 is 1.42 bits per heavy atom. The number of carbonyl (C=O) groups is 1. The van der Waals surface area contributed by atoms with Crippen LogP contribution in [0.1, 0.15) is 31.1 Å². The fourth-order valence-corrected chi connectivity index (χ4v) is 3.08. The Morgan fingerprint density at radius 3 is 2.84 bits per heavy atom. The predicted octanol–water partition coefficient (Wildman–Crippen LogP) is 0.103. The van der Waals surface area contributed by atoms with Gasteiger partial charge in [0.1, 0.15) is 12.1 Å². The third kappa shape index (κ3) is 1.92. The van der Waals surface area contributed by atoms with Crippen LogP contribution in [0.4, 0.5) is 0 Å². The highest BCUT2D eigenvalue weighted by molar-refractivity contribution is 5.86. The zero-order valence-corrected chi connectivity index (χ0v) is 11.1. The Hall–Kier alpha value is -1.81. The Labute approximate surface area is 111 Å². The van der Waals surface area contributed by atoms with Gasteiger partial charge >= 0.3 is 0 Å². The number of quaternary nitrogens is 1. The number of fused-ring (bicyclic) bond motifs is 3. The van der Waals surface area contributed by atoms with Crippen LogP contribution in [0.2, 0.25) is 0 Å². The van der Waals surface area contributed by atoms with Gasteiger partial charge in [0.05, 0.1) is 11.7 Å². The molecule has 4 heteroatoms. The quantitative estimate of drug-likeness (QED) is 0.802. The van der Waals surface area contributed by atoms with Crippen molar-refractivity contribution < 1.29 is 15.2 Å². The summed E-state index contributed by atoms with van der Waals surface area (Å²) in [4.78, 5) is 14.7. The molecule has 0 aliphatic carbocycles. The van der Waals surface area contributed by atoms with E-state index in [-0.39, 0.29) is 6.04 Å². The molecular formula is C15H18N2O2. The van der Waals surface area contributed by atoms with E-state index in [1.54, 1.807) is 0 Å². The first-order valence-corrected chi connectivity index (χ1v) is 6.73. The Kier molecular flexibility index (Phi) is 2.82. The summed E-state index contributed by atoms with van der Waals surface area (Å²) in [7, 11) is 0. The highest BCUT2D eigenvalue weighted by Crippen LogP contribution is 2.31. The summed E-state index contributed by atoms with van der Waals surface area (Å²) in [6.07, 6.45) is 0.533. The molecule has 0 spiro atoms. The van der Waals surface area contributed by atoms with E-state index in [1.807, 2.05) is 23.5 Å². The standard InChI is InChI=1S/C15H18N2O2/c1-8(2)13-14-10(7-12(17-13)15(18)19)9-5-3-4-6-11(9)16-14/h3-6,8,12-13,16-17H,7H2,1-2H3,(H,18,19)/t12-,13+/m1/s1. The zero-order chi connectivity index (χ0) is 13.6.